The number of hydrogen-bond donors (Lipinski definition) is 0. The van der Waals surface area contributed by atoms with E-state index in [2.05, 4.69) is 174 Å². The van der Waals surface area contributed by atoms with Crippen molar-refractivity contribution in [3.63, 3.8) is 0 Å². The topological polar surface area (TPSA) is 6.48 Å². The van der Waals surface area contributed by atoms with Crippen LogP contribution in [-0.2, 0) is 30.1 Å². The van der Waals surface area contributed by atoms with Gasteiger partial charge in [0.05, 0.1) is 11.4 Å². The third-order valence-electron chi connectivity index (χ3n) is 14.6. The summed E-state index contributed by atoms with van der Waals surface area (Å²) < 4.78 is 0. The molecule has 0 unspecified atom stereocenters. The second kappa shape index (κ2) is 15.3. The zero-order chi connectivity index (χ0) is 40.2. The van der Waals surface area contributed by atoms with Crippen molar-refractivity contribution < 1.29 is 0 Å². The number of rotatable bonds is 11. The molecule has 2 fully saturated rings. The van der Waals surface area contributed by atoms with Crippen LogP contribution in [0.15, 0.2) is 115 Å². The Labute approximate surface area is 349 Å². The summed E-state index contributed by atoms with van der Waals surface area (Å²) in [5.74, 6) is 0. The molecule has 296 valence electrons. The Hall–Kier alpha value is -5.08. The molecule has 2 heteroatoms. The lowest BCUT2D eigenvalue weighted by atomic mass is 9.55. The van der Waals surface area contributed by atoms with Crippen molar-refractivity contribution in [2.45, 2.75) is 130 Å². The number of benzene rings is 6. The van der Waals surface area contributed by atoms with E-state index in [0.29, 0.717) is 0 Å². The lowest BCUT2D eigenvalue weighted by Gasteiger charge is -2.48. The number of aryl methyl sites for hydroxylation is 7. The molecule has 0 heterocycles. The summed E-state index contributed by atoms with van der Waals surface area (Å²) in [4.78, 5) is 5.13. The van der Waals surface area contributed by atoms with Crippen molar-refractivity contribution in [3.05, 3.63) is 165 Å². The fourth-order valence-corrected chi connectivity index (χ4v) is 11.9. The SMILES string of the molecule is CCCCc1cc(C)c(N(c2ccc(CC)cc2)c2ccc3c(c2)C24CCCC2(CCC4)c2cc(N(c4ccc(CC)cc4)c4c(C)cccc4C)ccc2-3)c(C)c1. The lowest BCUT2D eigenvalue weighted by Crippen LogP contribution is -2.43. The van der Waals surface area contributed by atoms with E-state index in [1.54, 1.807) is 11.1 Å². The van der Waals surface area contributed by atoms with Crippen molar-refractivity contribution >= 4 is 34.1 Å². The molecule has 0 bridgehead atoms. The smallest absolute Gasteiger partial charge is 0.0520 e. The first-order chi connectivity index (χ1) is 28.2. The quantitative estimate of drug-likeness (QED) is 0.130. The van der Waals surface area contributed by atoms with Crippen LogP contribution in [0.2, 0.25) is 0 Å². The average Bonchev–Trinajstić information content (AvgIpc) is 3.82. The van der Waals surface area contributed by atoms with Gasteiger partial charge in [0.15, 0.2) is 0 Å². The second-order valence-electron chi connectivity index (χ2n) is 18.0. The van der Waals surface area contributed by atoms with Crippen LogP contribution in [-0.4, -0.2) is 0 Å². The zero-order valence-electron chi connectivity index (χ0n) is 36.1. The van der Waals surface area contributed by atoms with Gasteiger partial charge in [0.2, 0.25) is 0 Å². The summed E-state index contributed by atoms with van der Waals surface area (Å²) in [6, 6.07) is 45.4. The van der Waals surface area contributed by atoms with Crippen molar-refractivity contribution in [2.75, 3.05) is 9.80 Å². The van der Waals surface area contributed by atoms with Crippen LogP contribution < -0.4 is 9.80 Å². The molecule has 0 N–H and O–H groups in total. The normalized spacial score (nSPS) is 19.0. The molecular weight excluding hydrogens is 701 g/mol. The van der Waals surface area contributed by atoms with Gasteiger partial charge in [0.25, 0.3) is 0 Å². The molecule has 3 aliphatic rings. The molecule has 0 atom stereocenters. The van der Waals surface area contributed by atoms with Crippen LogP contribution in [0, 0.1) is 27.7 Å². The van der Waals surface area contributed by atoms with Gasteiger partial charge in [-0.3, -0.25) is 0 Å². The first-order valence-electron chi connectivity index (χ1n) is 22.5. The summed E-state index contributed by atoms with van der Waals surface area (Å²) in [5.41, 5.74) is 23.5. The van der Waals surface area contributed by atoms with Crippen LogP contribution in [0.5, 0.6) is 0 Å². The van der Waals surface area contributed by atoms with Gasteiger partial charge in [0.1, 0.15) is 0 Å². The molecule has 0 aliphatic heterocycles. The minimum atomic E-state index is 0.141. The molecule has 0 saturated heterocycles. The van der Waals surface area contributed by atoms with Gasteiger partial charge in [-0.1, -0.05) is 107 Å². The Morgan fingerprint density at radius 2 is 0.862 bits per heavy atom. The third kappa shape index (κ3) is 6.13. The van der Waals surface area contributed by atoms with E-state index in [0.717, 1.165) is 19.3 Å². The Balaban J connectivity index is 1.23. The molecule has 9 rings (SSSR count). The summed E-state index contributed by atoms with van der Waals surface area (Å²) in [5, 5.41) is 0. The monoisotopic (exact) mass is 762 g/mol. The molecule has 3 aliphatic carbocycles. The predicted molar refractivity (Wildman–Crippen MR) is 249 cm³/mol. The highest BCUT2D eigenvalue weighted by atomic mass is 15.2. The Kier molecular flexibility index (Phi) is 10.1. The predicted octanol–water partition coefficient (Wildman–Crippen LogP) is 15.9. The van der Waals surface area contributed by atoms with Crippen LogP contribution in [0.1, 0.15) is 122 Å². The highest BCUT2D eigenvalue weighted by molar-refractivity contribution is 5.88. The minimum absolute atomic E-state index is 0.141. The van der Waals surface area contributed by atoms with Crippen molar-refractivity contribution in [1.82, 2.24) is 0 Å². The van der Waals surface area contributed by atoms with Crippen molar-refractivity contribution in [3.8, 4) is 11.1 Å². The lowest BCUT2D eigenvalue weighted by molar-refractivity contribution is 0.299. The maximum Gasteiger partial charge on any atom is 0.0520 e. The second-order valence-corrected chi connectivity index (χ2v) is 18.0. The maximum atomic E-state index is 2.65. The standard InChI is InChI=1S/C56H62N2/c1-8-11-17-44-34-40(6)54(41(7)35-44)58(46-24-20-43(10-3)21-25-46)48-27-29-50-49-28-26-47(36-51(49)55-30-13-32-56(55,33-14-31-55)52(50)37-48)57(45-22-18-42(9-2)19-23-45)53-38(4)15-12-16-39(53)5/h12,15-16,18-29,34-37H,8-11,13-14,17,30-33H2,1-7H3. The molecule has 0 spiro atoms. The Morgan fingerprint density at radius 1 is 0.448 bits per heavy atom. The molecule has 0 radical (unpaired) electrons. The van der Waals surface area contributed by atoms with Gasteiger partial charge in [-0.05, 0) is 189 Å². The number of unbranched alkanes of at least 4 members (excludes halogenated alkanes) is 1. The summed E-state index contributed by atoms with van der Waals surface area (Å²) in [6.07, 6.45) is 13.3. The molecule has 2 nitrogen and oxygen atoms in total. The molecule has 2 saturated carbocycles. The van der Waals surface area contributed by atoms with Gasteiger partial charge in [0, 0.05) is 33.6 Å². The fourth-order valence-electron chi connectivity index (χ4n) is 11.9. The fraction of sp³-hybridized carbons (Fsp3) is 0.357. The molecule has 0 amide bonds. The molecule has 6 aromatic rings. The van der Waals surface area contributed by atoms with E-state index >= 15 is 0 Å². The zero-order valence-corrected chi connectivity index (χ0v) is 36.1. The van der Waals surface area contributed by atoms with Crippen molar-refractivity contribution in [1.29, 1.82) is 0 Å². The van der Waals surface area contributed by atoms with Crippen LogP contribution >= 0.6 is 0 Å². The minimum Gasteiger partial charge on any atom is -0.310 e. The first kappa shape index (κ1) is 38.4. The molecule has 58 heavy (non-hydrogen) atoms. The third-order valence-corrected chi connectivity index (χ3v) is 14.6. The maximum absolute atomic E-state index is 2.65. The summed E-state index contributed by atoms with van der Waals surface area (Å²) >= 11 is 0. The largest absolute Gasteiger partial charge is 0.310 e. The van der Waals surface area contributed by atoms with Gasteiger partial charge < -0.3 is 9.80 Å². The van der Waals surface area contributed by atoms with Gasteiger partial charge in [-0.15, -0.1) is 0 Å². The molecule has 0 aromatic heterocycles. The number of hydrogen-bond acceptors (Lipinski definition) is 2. The Bertz CT molecular complexity index is 2410. The highest BCUT2D eigenvalue weighted by Crippen LogP contribution is 2.70. The van der Waals surface area contributed by atoms with Crippen molar-refractivity contribution in [2.24, 2.45) is 0 Å². The van der Waals surface area contributed by atoms with E-state index in [9.17, 15) is 0 Å². The van der Waals surface area contributed by atoms with Crippen LogP contribution in [0.3, 0.4) is 0 Å². The highest BCUT2D eigenvalue weighted by Gasteiger charge is 2.62. The Morgan fingerprint density at radius 3 is 1.28 bits per heavy atom. The van der Waals surface area contributed by atoms with E-state index in [4.69, 9.17) is 0 Å². The number of fused-ring (bicyclic) bond motifs is 3. The van der Waals surface area contributed by atoms with E-state index < -0.39 is 0 Å². The molecular formula is C56H62N2. The number of nitrogens with zero attached hydrogens (tertiary/aromatic N) is 2. The van der Waals surface area contributed by atoms with E-state index in [-0.39, 0.29) is 10.8 Å². The van der Waals surface area contributed by atoms with Crippen LogP contribution in [0.25, 0.3) is 11.1 Å². The first-order valence-corrected chi connectivity index (χ1v) is 22.5. The van der Waals surface area contributed by atoms with Gasteiger partial charge >= 0.3 is 0 Å². The van der Waals surface area contributed by atoms with E-state index in [1.807, 2.05) is 0 Å². The van der Waals surface area contributed by atoms with Gasteiger partial charge in [-0.2, -0.15) is 0 Å². The summed E-state index contributed by atoms with van der Waals surface area (Å²) in [6.45, 7) is 16.0. The number of anilines is 6. The molecule has 6 aromatic carbocycles. The average molecular weight is 763 g/mol. The van der Waals surface area contributed by atoms with E-state index in [1.165, 1.54) is 136 Å². The van der Waals surface area contributed by atoms with Gasteiger partial charge in [-0.25, -0.2) is 0 Å². The summed E-state index contributed by atoms with van der Waals surface area (Å²) in [7, 11) is 0. The number of para-hydroxylation sites is 1. The van der Waals surface area contributed by atoms with Crippen LogP contribution in [0.4, 0.5) is 34.1 Å².